The molecule has 3 aliphatic heterocycles. The molecule has 1 unspecified atom stereocenters. The average molecular weight is 406 g/mol. The Morgan fingerprint density at radius 3 is 2.66 bits per heavy atom. The maximum atomic E-state index is 13.4. The summed E-state index contributed by atoms with van der Waals surface area (Å²) in [5.41, 5.74) is 4.78. The molecular formula is C18H22N4O7. The Bertz CT molecular complexity index is 895. The van der Waals surface area contributed by atoms with Gasteiger partial charge in [0.2, 0.25) is 11.6 Å². The number of carbonyl (C=O) groups is 4. The highest BCUT2D eigenvalue weighted by Gasteiger charge is 2.72. The number of Topliss-reactive ketones (excluding diaryl/α,β-unsaturated/α-hetero) is 2. The summed E-state index contributed by atoms with van der Waals surface area (Å²) in [6.45, 7) is 1.53. The summed E-state index contributed by atoms with van der Waals surface area (Å²) in [6.07, 6.45) is -0.986. The van der Waals surface area contributed by atoms with E-state index in [0.29, 0.717) is 6.54 Å². The lowest BCUT2D eigenvalue weighted by atomic mass is 9.82. The molecule has 0 saturated carbocycles. The molecule has 4 N–H and O–H groups in total. The number of esters is 1. The van der Waals surface area contributed by atoms with Crippen LogP contribution in [-0.2, 0) is 28.6 Å². The largest absolute Gasteiger partial charge is 0.468 e. The summed E-state index contributed by atoms with van der Waals surface area (Å²) in [4.78, 5) is 51.1. The first-order valence-corrected chi connectivity index (χ1v) is 9.14. The maximum Gasteiger partial charge on any atom is 0.404 e. The van der Waals surface area contributed by atoms with Gasteiger partial charge in [0, 0.05) is 30.8 Å². The van der Waals surface area contributed by atoms with Crippen molar-refractivity contribution < 1.29 is 33.4 Å². The van der Waals surface area contributed by atoms with E-state index in [9.17, 15) is 19.2 Å². The second-order valence-corrected chi connectivity index (χ2v) is 7.35. The van der Waals surface area contributed by atoms with Crippen molar-refractivity contribution in [2.24, 2.45) is 11.7 Å². The van der Waals surface area contributed by atoms with E-state index in [1.165, 1.54) is 21.1 Å². The minimum atomic E-state index is -1.03. The summed E-state index contributed by atoms with van der Waals surface area (Å²) in [5.74, 6) is -2.08. The van der Waals surface area contributed by atoms with Gasteiger partial charge in [-0.05, 0) is 6.92 Å². The average Bonchev–Trinajstić information content (AvgIpc) is 3.30. The first-order valence-electron chi connectivity index (χ1n) is 9.14. The summed E-state index contributed by atoms with van der Waals surface area (Å²) in [6, 6.07) is -0.00178. The van der Waals surface area contributed by atoms with Crippen molar-refractivity contribution in [1.29, 1.82) is 0 Å². The minimum Gasteiger partial charge on any atom is -0.468 e. The third-order valence-electron chi connectivity index (χ3n) is 6.07. The van der Waals surface area contributed by atoms with E-state index in [4.69, 9.17) is 15.2 Å². The van der Waals surface area contributed by atoms with Gasteiger partial charge >= 0.3 is 12.1 Å². The zero-order valence-corrected chi connectivity index (χ0v) is 16.2. The summed E-state index contributed by atoms with van der Waals surface area (Å²) >= 11 is 0. The monoisotopic (exact) mass is 406 g/mol. The number of rotatable bonds is 6. The fourth-order valence-electron chi connectivity index (χ4n) is 4.74. The van der Waals surface area contributed by atoms with Crippen molar-refractivity contribution in [2.45, 2.75) is 24.7 Å². The summed E-state index contributed by atoms with van der Waals surface area (Å²) in [7, 11) is 2.72. The van der Waals surface area contributed by atoms with E-state index in [-0.39, 0.29) is 53.6 Å². The molecule has 0 bridgehead atoms. The number of piperazine rings is 1. The van der Waals surface area contributed by atoms with Gasteiger partial charge in [-0.2, -0.15) is 0 Å². The van der Waals surface area contributed by atoms with Crippen molar-refractivity contribution in [3.05, 3.63) is 22.5 Å². The smallest absolute Gasteiger partial charge is 0.404 e. The van der Waals surface area contributed by atoms with Crippen LogP contribution in [0.4, 0.5) is 4.79 Å². The number of hydrogen-bond donors (Lipinski definition) is 3. The first kappa shape index (κ1) is 19.4. The van der Waals surface area contributed by atoms with Crippen molar-refractivity contribution in [2.75, 3.05) is 33.9 Å². The predicted molar refractivity (Wildman–Crippen MR) is 95.9 cm³/mol. The van der Waals surface area contributed by atoms with Crippen LogP contribution in [-0.4, -0.2) is 80.3 Å². The Morgan fingerprint density at radius 2 is 2.03 bits per heavy atom. The molecule has 4 rings (SSSR count). The number of carbonyl (C=O) groups excluding carboxylic acids is 4. The van der Waals surface area contributed by atoms with Crippen LogP contribution < -0.4 is 16.4 Å². The molecule has 4 atom stereocenters. The van der Waals surface area contributed by atoms with E-state index in [2.05, 4.69) is 15.4 Å². The predicted octanol–water partition coefficient (Wildman–Crippen LogP) is -1.85. The van der Waals surface area contributed by atoms with Crippen LogP contribution in [0.5, 0.6) is 0 Å². The van der Waals surface area contributed by atoms with Gasteiger partial charge in [-0.25, -0.2) is 4.79 Å². The van der Waals surface area contributed by atoms with Crippen LogP contribution >= 0.6 is 0 Å². The molecule has 1 amide bonds. The Labute approximate surface area is 166 Å². The van der Waals surface area contributed by atoms with Crippen molar-refractivity contribution in [1.82, 2.24) is 15.5 Å². The molecule has 0 aromatic heterocycles. The molecule has 3 heterocycles. The van der Waals surface area contributed by atoms with Gasteiger partial charge in [-0.15, -0.1) is 0 Å². The lowest BCUT2D eigenvalue weighted by Gasteiger charge is -2.39. The lowest BCUT2D eigenvalue weighted by molar-refractivity contribution is -0.139. The lowest BCUT2D eigenvalue weighted by Crippen LogP contribution is -2.55. The molecular weight excluding hydrogens is 384 g/mol. The molecule has 0 radical (unpaired) electrons. The topological polar surface area (TPSA) is 159 Å². The van der Waals surface area contributed by atoms with E-state index in [1.54, 1.807) is 4.90 Å². The fraction of sp³-hybridized carbons (Fsp3) is 0.556. The van der Waals surface area contributed by atoms with Crippen molar-refractivity contribution >= 4 is 23.6 Å². The van der Waals surface area contributed by atoms with Crippen LogP contribution in [0.2, 0.25) is 0 Å². The van der Waals surface area contributed by atoms with Crippen molar-refractivity contribution in [3.63, 3.8) is 0 Å². The highest BCUT2D eigenvalue weighted by molar-refractivity contribution is 6.25. The number of ketones is 2. The number of nitrogens with two attached hydrogens (primary N) is 1. The molecule has 11 nitrogen and oxygen atoms in total. The Kier molecular flexibility index (Phi) is 4.39. The number of hydrogen-bond acceptors (Lipinski definition) is 10. The Hall–Kier alpha value is -2.92. The van der Waals surface area contributed by atoms with E-state index < -0.39 is 29.5 Å². The first-order chi connectivity index (χ1) is 13.8. The number of amides is 1. The molecule has 156 valence electrons. The molecule has 2 fully saturated rings. The Morgan fingerprint density at radius 1 is 1.31 bits per heavy atom. The highest BCUT2D eigenvalue weighted by atomic mass is 16.6. The second-order valence-electron chi connectivity index (χ2n) is 7.35. The van der Waals surface area contributed by atoms with E-state index >= 15 is 0 Å². The number of nitrogens with zero attached hydrogens (tertiary/aromatic N) is 1. The molecule has 11 heteroatoms. The quantitative estimate of drug-likeness (QED) is 0.260. The zero-order chi connectivity index (χ0) is 21.1. The van der Waals surface area contributed by atoms with Crippen molar-refractivity contribution in [3.8, 4) is 0 Å². The fourth-order valence-corrected chi connectivity index (χ4v) is 4.74. The molecule has 0 aromatic rings. The minimum absolute atomic E-state index is 0.0240. The summed E-state index contributed by atoms with van der Waals surface area (Å²) in [5, 5.41) is 5.99. The van der Waals surface area contributed by atoms with Crippen LogP contribution in [0, 0.1) is 5.92 Å². The van der Waals surface area contributed by atoms with Gasteiger partial charge in [0.25, 0.3) is 0 Å². The van der Waals surface area contributed by atoms with Gasteiger partial charge in [0.1, 0.15) is 13.2 Å². The second kappa shape index (κ2) is 6.56. The molecule has 0 spiro atoms. The van der Waals surface area contributed by atoms with Crippen LogP contribution in [0.25, 0.3) is 0 Å². The molecule has 2 saturated heterocycles. The molecule has 1 aliphatic carbocycles. The highest BCUT2D eigenvalue weighted by Crippen LogP contribution is 2.55. The van der Waals surface area contributed by atoms with Crippen LogP contribution in [0.1, 0.15) is 6.92 Å². The SMILES string of the molecule is COC(=O)CNC1=C(C)C(=O)C2=C(C1=O)[C@H](COC(N)=O)C1(OC)[C@@H]3N[C@@H]3CN21. The Balaban J connectivity index is 1.74. The van der Waals surface area contributed by atoms with E-state index in [1.807, 2.05) is 0 Å². The maximum absolute atomic E-state index is 13.4. The third kappa shape index (κ3) is 2.57. The number of nitrogens with one attached hydrogen (secondary N) is 2. The van der Waals surface area contributed by atoms with E-state index in [0.717, 1.165) is 0 Å². The van der Waals surface area contributed by atoms with Crippen LogP contribution in [0.15, 0.2) is 22.5 Å². The molecule has 29 heavy (non-hydrogen) atoms. The molecule has 0 aromatic carbocycles. The van der Waals surface area contributed by atoms with Crippen LogP contribution in [0.3, 0.4) is 0 Å². The van der Waals surface area contributed by atoms with Gasteiger partial charge in [0.05, 0.1) is 30.5 Å². The molecule has 4 aliphatic rings. The summed E-state index contributed by atoms with van der Waals surface area (Å²) < 4.78 is 15.5. The normalized spacial score (nSPS) is 32.1. The number of fused-ring (bicyclic) bond motifs is 4. The third-order valence-corrected chi connectivity index (χ3v) is 6.07. The van der Waals surface area contributed by atoms with Gasteiger partial charge in [0.15, 0.2) is 5.72 Å². The number of primary amides is 1. The van der Waals surface area contributed by atoms with Gasteiger partial charge in [-0.1, -0.05) is 0 Å². The zero-order valence-electron chi connectivity index (χ0n) is 16.2. The standard InChI is InChI=1S/C18H22N4O7/c1-7-12(20-4-10(23)27-2)15(25)11-8(6-29-17(19)26)18(28-3)16-9(21-16)5-22(18)13(11)14(7)24/h8-9,16,20-21H,4-6H2,1-3H3,(H2,19,26)/t8-,9+,16+,18?/m0/s1. The number of allylic oxidation sites excluding steroid dienone is 2. The number of ether oxygens (including phenoxy) is 3. The van der Waals surface area contributed by atoms with Gasteiger partial charge < -0.3 is 35.5 Å². The van der Waals surface area contributed by atoms with Gasteiger partial charge in [-0.3, -0.25) is 14.4 Å². The number of methoxy groups -OCH3 is 2.